The predicted octanol–water partition coefficient (Wildman–Crippen LogP) is 3.53. The molecule has 0 amide bonds. The molecule has 1 aliphatic carbocycles. The highest BCUT2D eigenvalue weighted by Crippen LogP contribution is 2.46. The molecule has 0 aromatic heterocycles. The summed E-state index contributed by atoms with van der Waals surface area (Å²) < 4.78 is 13.3. The minimum Gasteiger partial charge on any atom is -0.481 e. The van der Waals surface area contributed by atoms with Gasteiger partial charge in [-0.05, 0) is 47.4 Å². The monoisotopic (exact) mass is 236 g/mol. The highest BCUT2D eigenvalue weighted by atomic mass is 19.1. The van der Waals surface area contributed by atoms with Crippen LogP contribution >= 0.6 is 0 Å². The zero-order valence-corrected chi connectivity index (χ0v) is 10.1. The highest BCUT2D eigenvalue weighted by molar-refractivity contribution is 5.68. The van der Waals surface area contributed by atoms with E-state index in [4.69, 9.17) is 5.11 Å². The summed E-state index contributed by atoms with van der Waals surface area (Å²) in [5, 5.41) is 8.90. The van der Waals surface area contributed by atoms with E-state index in [9.17, 15) is 9.18 Å². The van der Waals surface area contributed by atoms with E-state index in [-0.39, 0.29) is 24.1 Å². The molecule has 0 heterocycles. The molecular formula is C14H17FO2. The molecule has 1 aromatic rings. The number of carboxylic acid groups (broad SMARTS) is 1. The van der Waals surface area contributed by atoms with Crippen molar-refractivity contribution in [1.29, 1.82) is 0 Å². The summed E-state index contributed by atoms with van der Waals surface area (Å²) in [7, 11) is 0. The van der Waals surface area contributed by atoms with Gasteiger partial charge in [-0.2, -0.15) is 0 Å². The van der Waals surface area contributed by atoms with Crippen LogP contribution in [0.3, 0.4) is 0 Å². The highest BCUT2D eigenvalue weighted by Gasteiger charge is 2.33. The van der Waals surface area contributed by atoms with Crippen molar-refractivity contribution in [1.82, 2.24) is 0 Å². The average molecular weight is 236 g/mol. The van der Waals surface area contributed by atoms with Crippen molar-refractivity contribution in [3.05, 3.63) is 35.1 Å². The number of halogens is 1. The molecule has 2 rings (SSSR count). The lowest BCUT2D eigenvalue weighted by atomic mass is 9.89. The molecule has 92 valence electrons. The summed E-state index contributed by atoms with van der Waals surface area (Å²) in [6.07, 6.45) is 0.963. The van der Waals surface area contributed by atoms with Crippen LogP contribution in [0.1, 0.15) is 49.7 Å². The van der Waals surface area contributed by atoms with Gasteiger partial charge in [-0.15, -0.1) is 0 Å². The lowest BCUT2D eigenvalue weighted by Crippen LogP contribution is -2.05. The molecule has 0 spiro atoms. The zero-order valence-electron chi connectivity index (χ0n) is 10.1. The van der Waals surface area contributed by atoms with Crippen LogP contribution in [0.15, 0.2) is 18.2 Å². The Bertz CT molecular complexity index is 440. The number of carbonyl (C=O) groups is 1. The Morgan fingerprint density at radius 3 is 2.76 bits per heavy atom. The first-order valence-electron chi connectivity index (χ1n) is 6.00. The first-order valence-corrected chi connectivity index (χ1v) is 6.00. The number of fused-ring (bicyclic) bond motifs is 1. The molecule has 1 aliphatic rings. The molecule has 1 N–H and O–H groups in total. The average Bonchev–Trinajstić information content (AvgIpc) is 2.55. The number of carboxylic acids is 1. The van der Waals surface area contributed by atoms with Crippen molar-refractivity contribution in [2.45, 2.75) is 38.5 Å². The van der Waals surface area contributed by atoms with Crippen molar-refractivity contribution >= 4 is 5.97 Å². The minimum atomic E-state index is -0.783. The van der Waals surface area contributed by atoms with Crippen LogP contribution in [0, 0.1) is 11.7 Å². The Morgan fingerprint density at radius 1 is 1.47 bits per heavy atom. The van der Waals surface area contributed by atoms with Gasteiger partial charge in [0.25, 0.3) is 0 Å². The summed E-state index contributed by atoms with van der Waals surface area (Å²) >= 11 is 0. The van der Waals surface area contributed by atoms with Gasteiger partial charge in [0.05, 0.1) is 6.42 Å². The van der Waals surface area contributed by atoms with Gasteiger partial charge in [0.1, 0.15) is 5.82 Å². The van der Waals surface area contributed by atoms with Gasteiger partial charge in [0.2, 0.25) is 0 Å². The van der Waals surface area contributed by atoms with E-state index in [2.05, 4.69) is 13.8 Å². The summed E-state index contributed by atoms with van der Waals surface area (Å²) in [6, 6.07) is 4.75. The fourth-order valence-electron chi connectivity index (χ4n) is 2.83. The van der Waals surface area contributed by atoms with Crippen molar-refractivity contribution in [3.8, 4) is 0 Å². The second-order valence-corrected chi connectivity index (χ2v) is 5.15. The third-order valence-corrected chi connectivity index (χ3v) is 3.65. The maximum atomic E-state index is 13.3. The molecule has 17 heavy (non-hydrogen) atoms. The molecule has 0 saturated heterocycles. The summed E-state index contributed by atoms with van der Waals surface area (Å²) in [6.45, 7) is 4.20. The second-order valence-electron chi connectivity index (χ2n) is 5.15. The fourth-order valence-corrected chi connectivity index (χ4v) is 2.83. The van der Waals surface area contributed by atoms with Gasteiger partial charge in [0, 0.05) is 0 Å². The number of benzene rings is 1. The molecular weight excluding hydrogens is 219 g/mol. The first kappa shape index (κ1) is 12.1. The smallest absolute Gasteiger partial charge is 0.303 e. The minimum absolute atomic E-state index is 0.0375. The third-order valence-electron chi connectivity index (χ3n) is 3.65. The maximum Gasteiger partial charge on any atom is 0.303 e. The topological polar surface area (TPSA) is 37.3 Å². The van der Waals surface area contributed by atoms with Gasteiger partial charge in [-0.1, -0.05) is 19.9 Å². The van der Waals surface area contributed by atoms with Gasteiger partial charge >= 0.3 is 5.97 Å². The van der Waals surface area contributed by atoms with Crippen LogP contribution in [0.5, 0.6) is 0 Å². The van der Waals surface area contributed by atoms with Crippen LogP contribution in [-0.4, -0.2) is 11.1 Å². The van der Waals surface area contributed by atoms with E-state index in [1.165, 1.54) is 6.07 Å². The van der Waals surface area contributed by atoms with Crippen LogP contribution in [0.25, 0.3) is 0 Å². The summed E-state index contributed by atoms with van der Waals surface area (Å²) in [5.74, 6) is -0.282. The van der Waals surface area contributed by atoms with E-state index < -0.39 is 5.97 Å². The second kappa shape index (κ2) is 4.47. The summed E-state index contributed by atoms with van der Waals surface area (Å²) in [4.78, 5) is 10.8. The normalized spacial score (nSPS) is 22.8. The Balaban J connectivity index is 2.37. The Morgan fingerprint density at radius 2 is 2.18 bits per heavy atom. The Kier molecular flexibility index (Phi) is 3.18. The largest absolute Gasteiger partial charge is 0.481 e. The van der Waals surface area contributed by atoms with E-state index in [1.54, 1.807) is 12.1 Å². The molecule has 0 aliphatic heterocycles. The number of aliphatic carboxylic acids is 1. The van der Waals surface area contributed by atoms with Gasteiger partial charge < -0.3 is 5.11 Å². The Hall–Kier alpha value is -1.38. The van der Waals surface area contributed by atoms with Crippen LogP contribution in [-0.2, 0) is 4.79 Å². The van der Waals surface area contributed by atoms with Crippen molar-refractivity contribution in [2.24, 2.45) is 5.92 Å². The lowest BCUT2D eigenvalue weighted by Gasteiger charge is -2.15. The van der Waals surface area contributed by atoms with Gasteiger partial charge in [0.15, 0.2) is 0 Å². The molecule has 3 heteroatoms. The first-order chi connectivity index (χ1) is 7.99. The standard InChI is InChI=1S/C14H17FO2/c1-8(2)12-5-9(6-14(16)17)11-4-3-10(15)7-13(11)12/h3-4,7-9,12H,5-6H2,1-2H3,(H,16,17). The molecule has 2 atom stereocenters. The quantitative estimate of drug-likeness (QED) is 0.871. The fraction of sp³-hybridized carbons (Fsp3) is 0.500. The summed E-state index contributed by atoms with van der Waals surface area (Å²) in [5.41, 5.74) is 2.03. The van der Waals surface area contributed by atoms with E-state index in [1.807, 2.05) is 0 Å². The maximum absolute atomic E-state index is 13.3. The van der Waals surface area contributed by atoms with Gasteiger partial charge in [-0.25, -0.2) is 4.39 Å². The van der Waals surface area contributed by atoms with Crippen LogP contribution in [0.4, 0.5) is 4.39 Å². The van der Waals surface area contributed by atoms with E-state index >= 15 is 0 Å². The molecule has 0 fully saturated rings. The predicted molar refractivity (Wildman–Crippen MR) is 63.6 cm³/mol. The number of hydrogen-bond acceptors (Lipinski definition) is 1. The molecule has 2 nitrogen and oxygen atoms in total. The van der Waals surface area contributed by atoms with Crippen molar-refractivity contribution in [3.63, 3.8) is 0 Å². The van der Waals surface area contributed by atoms with Crippen molar-refractivity contribution < 1.29 is 14.3 Å². The molecule has 1 aromatic carbocycles. The SMILES string of the molecule is CC(C)C1CC(CC(=O)O)c2ccc(F)cc21. The van der Waals surface area contributed by atoms with E-state index in [0.29, 0.717) is 5.92 Å². The van der Waals surface area contributed by atoms with Crippen LogP contribution < -0.4 is 0 Å². The molecule has 2 unspecified atom stereocenters. The number of rotatable bonds is 3. The van der Waals surface area contributed by atoms with Crippen molar-refractivity contribution in [2.75, 3.05) is 0 Å². The van der Waals surface area contributed by atoms with E-state index in [0.717, 1.165) is 17.5 Å². The number of hydrogen-bond donors (Lipinski definition) is 1. The Labute approximate surface area is 100 Å². The molecule has 0 radical (unpaired) electrons. The van der Waals surface area contributed by atoms with Gasteiger partial charge in [-0.3, -0.25) is 4.79 Å². The van der Waals surface area contributed by atoms with Crippen LogP contribution in [0.2, 0.25) is 0 Å². The third kappa shape index (κ3) is 2.33. The lowest BCUT2D eigenvalue weighted by molar-refractivity contribution is -0.137. The molecule has 0 saturated carbocycles. The zero-order chi connectivity index (χ0) is 12.6. The molecule has 0 bridgehead atoms.